The van der Waals surface area contributed by atoms with E-state index in [9.17, 15) is 13.6 Å². The molecule has 0 bridgehead atoms. The third-order valence-corrected chi connectivity index (χ3v) is 5.65. The SMILES string of the molecule is CC1CCCN(Cc2csc(NC(=O)c3cccnc3SC(F)F)n2)C1. The number of rotatable bonds is 6. The second-order valence-corrected chi connectivity index (χ2v) is 8.15. The van der Waals surface area contributed by atoms with Crippen molar-refractivity contribution in [1.29, 1.82) is 0 Å². The number of piperidine rings is 1. The number of halogens is 2. The molecule has 1 atom stereocenters. The fourth-order valence-electron chi connectivity index (χ4n) is 3.00. The van der Waals surface area contributed by atoms with Crippen molar-refractivity contribution in [3.8, 4) is 0 Å². The van der Waals surface area contributed by atoms with Crippen LogP contribution in [-0.2, 0) is 6.54 Å². The third kappa shape index (κ3) is 5.21. The number of thiazole rings is 1. The summed E-state index contributed by atoms with van der Waals surface area (Å²) in [5, 5.41) is 5.09. The van der Waals surface area contributed by atoms with E-state index in [4.69, 9.17) is 0 Å². The molecule has 26 heavy (non-hydrogen) atoms. The second kappa shape index (κ2) is 8.88. The number of carbonyl (C=O) groups is 1. The summed E-state index contributed by atoms with van der Waals surface area (Å²) in [4.78, 5) is 23.1. The highest BCUT2D eigenvalue weighted by Crippen LogP contribution is 2.27. The molecule has 2 aromatic heterocycles. The van der Waals surface area contributed by atoms with Crippen molar-refractivity contribution in [2.24, 2.45) is 5.92 Å². The molecule has 1 saturated heterocycles. The Labute approximate surface area is 159 Å². The summed E-state index contributed by atoms with van der Waals surface area (Å²) in [7, 11) is 0. The third-order valence-electron chi connectivity index (χ3n) is 4.12. The number of alkyl halides is 2. The quantitative estimate of drug-likeness (QED) is 0.734. The monoisotopic (exact) mass is 398 g/mol. The van der Waals surface area contributed by atoms with Crippen molar-refractivity contribution in [3.63, 3.8) is 0 Å². The van der Waals surface area contributed by atoms with Gasteiger partial charge in [-0.05, 0) is 49.2 Å². The number of nitrogens with zero attached hydrogens (tertiary/aromatic N) is 3. The number of hydrogen-bond acceptors (Lipinski definition) is 6. The molecular weight excluding hydrogens is 378 g/mol. The zero-order valence-corrected chi connectivity index (χ0v) is 16.0. The van der Waals surface area contributed by atoms with Crippen LogP contribution in [0.1, 0.15) is 35.8 Å². The average molecular weight is 399 g/mol. The first-order valence-corrected chi connectivity index (χ1v) is 10.1. The van der Waals surface area contributed by atoms with Crippen LogP contribution in [0.5, 0.6) is 0 Å². The van der Waals surface area contributed by atoms with Crippen LogP contribution in [0.15, 0.2) is 28.7 Å². The number of pyridine rings is 1. The van der Waals surface area contributed by atoms with Gasteiger partial charge in [0, 0.05) is 24.7 Å². The maximum absolute atomic E-state index is 12.6. The number of anilines is 1. The van der Waals surface area contributed by atoms with Crippen molar-refractivity contribution in [1.82, 2.24) is 14.9 Å². The number of hydrogen-bond donors (Lipinski definition) is 1. The van der Waals surface area contributed by atoms with E-state index in [2.05, 4.69) is 27.1 Å². The van der Waals surface area contributed by atoms with E-state index in [1.165, 1.54) is 36.4 Å². The largest absolute Gasteiger partial charge is 0.298 e. The molecule has 0 aromatic carbocycles. The Morgan fingerprint density at radius 2 is 2.38 bits per heavy atom. The Morgan fingerprint density at radius 3 is 3.15 bits per heavy atom. The van der Waals surface area contributed by atoms with Crippen LogP contribution in [0.2, 0.25) is 0 Å². The first-order valence-electron chi connectivity index (χ1n) is 8.39. The molecular formula is C17H20F2N4OS2. The Balaban J connectivity index is 1.63. The number of amides is 1. The van der Waals surface area contributed by atoms with Crippen LogP contribution in [-0.4, -0.2) is 39.6 Å². The van der Waals surface area contributed by atoms with E-state index in [-0.39, 0.29) is 22.4 Å². The molecule has 5 nitrogen and oxygen atoms in total. The number of aromatic nitrogens is 2. The molecule has 2 aromatic rings. The summed E-state index contributed by atoms with van der Waals surface area (Å²) in [5.41, 5.74) is 1.03. The van der Waals surface area contributed by atoms with E-state index in [0.717, 1.165) is 25.3 Å². The average Bonchev–Trinajstić information content (AvgIpc) is 3.01. The van der Waals surface area contributed by atoms with Crippen molar-refractivity contribution in [2.75, 3.05) is 18.4 Å². The molecule has 0 radical (unpaired) electrons. The van der Waals surface area contributed by atoms with E-state index < -0.39 is 11.7 Å². The summed E-state index contributed by atoms with van der Waals surface area (Å²) < 4.78 is 25.2. The lowest BCUT2D eigenvalue weighted by molar-refractivity contribution is 0.102. The smallest absolute Gasteiger partial charge is 0.290 e. The molecule has 0 aliphatic carbocycles. The van der Waals surface area contributed by atoms with Gasteiger partial charge in [-0.25, -0.2) is 9.97 Å². The highest BCUT2D eigenvalue weighted by molar-refractivity contribution is 7.99. The van der Waals surface area contributed by atoms with Gasteiger partial charge in [-0.15, -0.1) is 11.3 Å². The number of nitrogens with one attached hydrogen (secondary N) is 1. The van der Waals surface area contributed by atoms with Crippen LogP contribution in [0.25, 0.3) is 0 Å². The van der Waals surface area contributed by atoms with Gasteiger partial charge < -0.3 is 0 Å². The fourth-order valence-corrected chi connectivity index (χ4v) is 4.28. The molecule has 0 saturated carbocycles. The normalized spacial score (nSPS) is 18.2. The Morgan fingerprint density at radius 1 is 1.54 bits per heavy atom. The van der Waals surface area contributed by atoms with Gasteiger partial charge in [0.2, 0.25) is 0 Å². The summed E-state index contributed by atoms with van der Waals surface area (Å²) in [6.07, 6.45) is 3.85. The van der Waals surface area contributed by atoms with E-state index >= 15 is 0 Å². The van der Waals surface area contributed by atoms with Gasteiger partial charge >= 0.3 is 0 Å². The van der Waals surface area contributed by atoms with Crippen molar-refractivity contribution < 1.29 is 13.6 Å². The molecule has 3 rings (SSSR count). The zero-order valence-electron chi connectivity index (χ0n) is 14.3. The van der Waals surface area contributed by atoms with Crippen molar-refractivity contribution in [2.45, 2.75) is 37.1 Å². The molecule has 3 heterocycles. The minimum Gasteiger partial charge on any atom is -0.298 e. The Kier molecular flexibility index (Phi) is 6.55. The lowest BCUT2D eigenvalue weighted by Crippen LogP contribution is -2.33. The molecule has 1 aliphatic rings. The van der Waals surface area contributed by atoms with Gasteiger partial charge in [-0.1, -0.05) is 6.92 Å². The molecule has 140 valence electrons. The second-order valence-electron chi connectivity index (χ2n) is 6.32. The molecule has 1 N–H and O–H groups in total. The van der Waals surface area contributed by atoms with Gasteiger partial charge in [-0.2, -0.15) is 8.78 Å². The van der Waals surface area contributed by atoms with Gasteiger partial charge in [0.05, 0.1) is 11.3 Å². The molecule has 1 amide bonds. The standard InChI is InChI=1S/C17H20F2N4OS2/c1-11-4-3-7-23(8-11)9-12-10-25-17(21-12)22-14(24)13-5-2-6-20-15(13)26-16(18)19/h2,5-6,10-11,16H,3-4,7-9H2,1H3,(H,21,22,24). The van der Waals surface area contributed by atoms with E-state index in [1.54, 1.807) is 6.07 Å². The molecule has 1 fully saturated rings. The van der Waals surface area contributed by atoms with Crippen LogP contribution in [0.4, 0.5) is 13.9 Å². The summed E-state index contributed by atoms with van der Waals surface area (Å²) >= 11 is 1.60. The van der Waals surface area contributed by atoms with E-state index in [0.29, 0.717) is 11.0 Å². The van der Waals surface area contributed by atoms with Gasteiger partial charge in [0.1, 0.15) is 5.03 Å². The maximum Gasteiger partial charge on any atom is 0.290 e. The van der Waals surface area contributed by atoms with Crippen LogP contribution < -0.4 is 5.32 Å². The molecule has 1 aliphatic heterocycles. The number of likely N-dealkylation sites (tertiary alicyclic amines) is 1. The van der Waals surface area contributed by atoms with E-state index in [1.807, 2.05) is 5.38 Å². The molecule has 1 unspecified atom stereocenters. The predicted molar refractivity (Wildman–Crippen MR) is 99.8 cm³/mol. The van der Waals surface area contributed by atoms with Crippen LogP contribution in [0, 0.1) is 5.92 Å². The lowest BCUT2D eigenvalue weighted by Gasteiger charge is -2.30. The lowest BCUT2D eigenvalue weighted by atomic mass is 10.0. The Bertz CT molecular complexity index is 756. The Hall–Kier alpha value is -1.58. The van der Waals surface area contributed by atoms with Gasteiger partial charge in [0.25, 0.3) is 11.7 Å². The van der Waals surface area contributed by atoms with Crippen LogP contribution >= 0.6 is 23.1 Å². The minimum atomic E-state index is -2.63. The molecule has 9 heteroatoms. The maximum atomic E-state index is 12.6. The minimum absolute atomic E-state index is 0.0130. The topological polar surface area (TPSA) is 58.1 Å². The highest BCUT2D eigenvalue weighted by atomic mass is 32.2. The molecule has 0 spiro atoms. The number of carbonyl (C=O) groups excluding carboxylic acids is 1. The summed E-state index contributed by atoms with van der Waals surface area (Å²) in [6, 6.07) is 3.03. The predicted octanol–water partition coefficient (Wildman–Crippen LogP) is 4.34. The van der Waals surface area contributed by atoms with Gasteiger partial charge in [-0.3, -0.25) is 15.0 Å². The van der Waals surface area contributed by atoms with Crippen molar-refractivity contribution in [3.05, 3.63) is 35.0 Å². The fraction of sp³-hybridized carbons (Fsp3) is 0.471. The van der Waals surface area contributed by atoms with Gasteiger partial charge in [0.15, 0.2) is 5.13 Å². The number of thioether (sulfide) groups is 1. The van der Waals surface area contributed by atoms with Crippen molar-refractivity contribution >= 4 is 34.1 Å². The first kappa shape index (κ1) is 19.2. The first-order chi connectivity index (χ1) is 12.5. The summed E-state index contributed by atoms with van der Waals surface area (Å²) in [6.45, 7) is 5.13. The highest BCUT2D eigenvalue weighted by Gasteiger charge is 2.19. The van der Waals surface area contributed by atoms with Crippen LogP contribution in [0.3, 0.4) is 0 Å². The zero-order chi connectivity index (χ0) is 18.5. The summed E-state index contributed by atoms with van der Waals surface area (Å²) in [5.74, 6) is -2.42.